The summed E-state index contributed by atoms with van der Waals surface area (Å²) < 4.78 is 5.56. The Balaban J connectivity index is 1.61. The molecule has 0 spiro atoms. The van der Waals surface area contributed by atoms with Gasteiger partial charge in [-0.15, -0.1) is 0 Å². The molecule has 0 aliphatic carbocycles. The number of H-pyrrole nitrogens is 1. The topological polar surface area (TPSA) is 37.0 Å². The third-order valence-corrected chi connectivity index (χ3v) is 3.70. The van der Waals surface area contributed by atoms with Gasteiger partial charge in [0.2, 0.25) is 0 Å². The van der Waals surface area contributed by atoms with Gasteiger partial charge in [0.1, 0.15) is 0 Å². The molecule has 1 aliphatic rings. The molecule has 2 aromatic rings. The van der Waals surface area contributed by atoms with E-state index in [0.717, 1.165) is 26.0 Å². The van der Waals surface area contributed by atoms with E-state index in [2.05, 4.69) is 41.5 Å². The van der Waals surface area contributed by atoms with E-state index in [-0.39, 0.29) is 0 Å². The number of benzene rings is 1. The zero-order chi connectivity index (χ0) is 12.4. The van der Waals surface area contributed by atoms with Crippen molar-refractivity contribution in [3.05, 3.63) is 36.0 Å². The van der Waals surface area contributed by atoms with Crippen LogP contribution in [0.2, 0.25) is 0 Å². The standard InChI is InChI=1S/C15H20N2O/c1-11-8-14(5-7-18-11)17-10-12-2-3-13-4-6-16-15(13)9-12/h2-4,6,9,11,14,16-17H,5,7-8,10H2,1H3. The van der Waals surface area contributed by atoms with Crippen molar-refractivity contribution in [3.8, 4) is 0 Å². The minimum absolute atomic E-state index is 0.391. The number of hydrogen-bond donors (Lipinski definition) is 2. The average Bonchev–Trinajstić information content (AvgIpc) is 2.84. The first-order chi connectivity index (χ1) is 8.81. The number of ether oxygens (including phenoxy) is 1. The lowest BCUT2D eigenvalue weighted by Crippen LogP contribution is -2.37. The van der Waals surface area contributed by atoms with Crippen LogP contribution < -0.4 is 5.32 Å². The third kappa shape index (κ3) is 2.57. The summed E-state index contributed by atoms with van der Waals surface area (Å²) in [5.74, 6) is 0. The molecule has 2 N–H and O–H groups in total. The first kappa shape index (κ1) is 11.8. The van der Waals surface area contributed by atoms with E-state index in [1.807, 2.05) is 6.20 Å². The lowest BCUT2D eigenvalue weighted by atomic mass is 10.0. The van der Waals surface area contributed by atoms with Gasteiger partial charge in [-0.3, -0.25) is 0 Å². The van der Waals surface area contributed by atoms with Crippen molar-refractivity contribution in [2.24, 2.45) is 0 Å². The number of aromatic amines is 1. The molecular weight excluding hydrogens is 224 g/mol. The van der Waals surface area contributed by atoms with Crippen LogP contribution in [0.4, 0.5) is 0 Å². The van der Waals surface area contributed by atoms with E-state index in [0.29, 0.717) is 12.1 Å². The molecule has 1 aromatic heterocycles. The van der Waals surface area contributed by atoms with Crippen LogP contribution in [0, 0.1) is 0 Å². The smallest absolute Gasteiger partial charge is 0.0561 e. The molecule has 1 fully saturated rings. The van der Waals surface area contributed by atoms with Gasteiger partial charge in [0.05, 0.1) is 6.10 Å². The molecule has 0 amide bonds. The predicted octanol–water partition coefficient (Wildman–Crippen LogP) is 2.83. The third-order valence-electron chi connectivity index (χ3n) is 3.70. The maximum absolute atomic E-state index is 5.56. The van der Waals surface area contributed by atoms with Gasteiger partial charge in [0.25, 0.3) is 0 Å². The molecule has 2 heterocycles. The van der Waals surface area contributed by atoms with Gasteiger partial charge in [-0.25, -0.2) is 0 Å². The maximum Gasteiger partial charge on any atom is 0.0561 e. The van der Waals surface area contributed by atoms with Crippen molar-refractivity contribution in [1.82, 2.24) is 10.3 Å². The average molecular weight is 244 g/mol. The van der Waals surface area contributed by atoms with Crippen LogP contribution in [-0.4, -0.2) is 23.7 Å². The van der Waals surface area contributed by atoms with Crippen molar-refractivity contribution in [1.29, 1.82) is 0 Å². The molecule has 3 rings (SSSR count). The fourth-order valence-corrected chi connectivity index (χ4v) is 2.65. The van der Waals surface area contributed by atoms with Crippen LogP contribution in [0.3, 0.4) is 0 Å². The van der Waals surface area contributed by atoms with E-state index >= 15 is 0 Å². The van der Waals surface area contributed by atoms with Gasteiger partial charge in [-0.2, -0.15) is 0 Å². The Labute approximate surface area is 108 Å². The predicted molar refractivity (Wildman–Crippen MR) is 73.6 cm³/mol. The van der Waals surface area contributed by atoms with Crippen LogP contribution in [0.25, 0.3) is 10.9 Å². The summed E-state index contributed by atoms with van der Waals surface area (Å²) in [6.07, 6.45) is 4.61. The van der Waals surface area contributed by atoms with Gasteiger partial charge in [-0.1, -0.05) is 12.1 Å². The van der Waals surface area contributed by atoms with Crippen molar-refractivity contribution < 1.29 is 4.74 Å². The number of fused-ring (bicyclic) bond motifs is 1. The van der Waals surface area contributed by atoms with Crippen LogP contribution in [-0.2, 0) is 11.3 Å². The molecular formula is C15H20N2O. The zero-order valence-electron chi connectivity index (χ0n) is 10.8. The Kier molecular flexibility index (Phi) is 3.35. The number of rotatable bonds is 3. The van der Waals surface area contributed by atoms with Gasteiger partial charge in [0.15, 0.2) is 0 Å². The lowest BCUT2D eigenvalue weighted by molar-refractivity contribution is 0.0130. The van der Waals surface area contributed by atoms with Gasteiger partial charge >= 0.3 is 0 Å². The Bertz CT molecular complexity index is 520. The molecule has 0 saturated carbocycles. The van der Waals surface area contributed by atoms with E-state index in [1.54, 1.807) is 0 Å². The number of hydrogen-bond acceptors (Lipinski definition) is 2. The van der Waals surface area contributed by atoms with Gasteiger partial charge < -0.3 is 15.0 Å². The number of nitrogens with one attached hydrogen (secondary N) is 2. The molecule has 96 valence electrons. The lowest BCUT2D eigenvalue weighted by Gasteiger charge is -2.28. The van der Waals surface area contributed by atoms with E-state index < -0.39 is 0 Å². The second-order valence-corrected chi connectivity index (χ2v) is 5.18. The quantitative estimate of drug-likeness (QED) is 0.871. The molecule has 0 bridgehead atoms. The highest BCUT2D eigenvalue weighted by Crippen LogP contribution is 2.16. The summed E-state index contributed by atoms with van der Waals surface area (Å²) in [4.78, 5) is 3.26. The first-order valence-electron chi connectivity index (χ1n) is 6.72. The highest BCUT2D eigenvalue weighted by Gasteiger charge is 2.18. The highest BCUT2D eigenvalue weighted by atomic mass is 16.5. The summed E-state index contributed by atoms with van der Waals surface area (Å²) in [7, 11) is 0. The molecule has 2 unspecified atom stereocenters. The Morgan fingerprint density at radius 3 is 3.22 bits per heavy atom. The minimum atomic E-state index is 0.391. The molecule has 3 heteroatoms. The normalized spacial score (nSPS) is 24.5. The SMILES string of the molecule is CC1CC(NCc2ccc3cc[nH]c3c2)CCO1. The second-order valence-electron chi connectivity index (χ2n) is 5.18. The van der Waals surface area contributed by atoms with Crippen LogP contribution in [0.15, 0.2) is 30.5 Å². The number of aromatic nitrogens is 1. The van der Waals surface area contributed by atoms with E-state index in [9.17, 15) is 0 Å². The Hall–Kier alpha value is -1.32. The molecule has 1 saturated heterocycles. The minimum Gasteiger partial charge on any atom is -0.378 e. The van der Waals surface area contributed by atoms with Gasteiger partial charge in [-0.05, 0) is 42.8 Å². The van der Waals surface area contributed by atoms with E-state index in [1.165, 1.54) is 16.5 Å². The monoisotopic (exact) mass is 244 g/mol. The van der Waals surface area contributed by atoms with Crippen LogP contribution in [0.5, 0.6) is 0 Å². The molecule has 1 aromatic carbocycles. The first-order valence-corrected chi connectivity index (χ1v) is 6.72. The van der Waals surface area contributed by atoms with Crippen LogP contribution in [0.1, 0.15) is 25.3 Å². The summed E-state index contributed by atoms with van der Waals surface area (Å²) in [6, 6.07) is 9.30. The van der Waals surface area contributed by atoms with Crippen molar-refractivity contribution in [3.63, 3.8) is 0 Å². The second kappa shape index (κ2) is 5.12. The Morgan fingerprint density at radius 1 is 1.39 bits per heavy atom. The molecule has 3 nitrogen and oxygen atoms in total. The summed E-state index contributed by atoms with van der Waals surface area (Å²) >= 11 is 0. The highest BCUT2D eigenvalue weighted by molar-refractivity contribution is 5.79. The molecule has 1 aliphatic heterocycles. The summed E-state index contributed by atoms with van der Waals surface area (Å²) in [6.45, 7) is 3.97. The summed E-state index contributed by atoms with van der Waals surface area (Å²) in [5, 5.41) is 4.91. The van der Waals surface area contributed by atoms with E-state index in [4.69, 9.17) is 4.74 Å². The van der Waals surface area contributed by atoms with Crippen LogP contribution >= 0.6 is 0 Å². The van der Waals surface area contributed by atoms with Crippen molar-refractivity contribution in [2.45, 2.75) is 38.5 Å². The molecule has 0 radical (unpaired) electrons. The van der Waals surface area contributed by atoms with Crippen molar-refractivity contribution >= 4 is 10.9 Å². The fourth-order valence-electron chi connectivity index (χ4n) is 2.65. The molecule has 2 atom stereocenters. The fraction of sp³-hybridized carbons (Fsp3) is 0.467. The largest absolute Gasteiger partial charge is 0.378 e. The summed E-state index contributed by atoms with van der Waals surface area (Å²) in [5.41, 5.74) is 2.55. The molecule has 18 heavy (non-hydrogen) atoms. The van der Waals surface area contributed by atoms with Crippen molar-refractivity contribution in [2.75, 3.05) is 6.61 Å². The Morgan fingerprint density at radius 2 is 2.33 bits per heavy atom. The zero-order valence-corrected chi connectivity index (χ0v) is 10.8. The van der Waals surface area contributed by atoms with Gasteiger partial charge in [0, 0.05) is 30.9 Å². The maximum atomic E-state index is 5.56.